The molecule has 1 aromatic carbocycles. The van der Waals surface area contributed by atoms with E-state index >= 15 is 0 Å². The van der Waals surface area contributed by atoms with Gasteiger partial charge in [-0.15, -0.1) is 0 Å². The number of halogens is 1. The summed E-state index contributed by atoms with van der Waals surface area (Å²) < 4.78 is 0.951. The first kappa shape index (κ1) is 17.3. The van der Waals surface area contributed by atoms with Gasteiger partial charge in [0.25, 0.3) is 0 Å². The van der Waals surface area contributed by atoms with Crippen LogP contribution in [0.5, 0.6) is 0 Å². The zero-order valence-corrected chi connectivity index (χ0v) is 16.7. The molecule has 3 aromatic rings. The fourth-order valence-corrected chi connectivity index (χ4v) is 4.33. The zero-order chi connectivity index (χ0) is 19.1. The lowest BCUT2D eigenvalue weighted by molar-refractivity contribution is -0.116. The van der Waals surface area contributed by atoms with E-state index < -0.39 is 5.92 Å². The van der Waals surface area contributed by atoms with E-state index in [0.29, 0.717) is 12.5 Å². The molecule has 1 aliphatic carbocycles. The number of aryl methyl sites for hydroxylation is 1. The number of aromatic nitrogens is 3. The smallest absolute Gasteiger partial charge is 0.238 e. The van der Waals surface area contributed by atoms with E-state index in [1.165, 1.54) is 0 Å². The third kappa shape index (κ3) is 3.05. The van der Waals surface area contributed by atoms with Crippen molar-refractivity contribution in [2.75, 3.05) is 10.6 Å². The molecule has 0 fully saturated rings. The molecule has 1 unspecified atom stereocenters. The second-order valence-electron chi connectivity index (χ2n) is 7.04. The largest absolute Gasteiger partial charge is 0.349 e. The van der Waals surface area contributed by atoms with Gasteiger partial charge >= 0.3 is 0 Å². The molecule has 0 saturated carbocycles. The van der Waals surface area contributed by atoms with Crippen LogP contribution in [0.4, 0.5) is 11.6 Å². The highest BCUT2D eigenvalue weighted by molar-refractivity contribution is 9.10. The quantitative estimate of drug-likeness (QED) is 0.650. The van der Waals surface area contributed by atoms with Gasteiger partial charge in [0.05, 0.1) is 17.9 Å². The molecule has 2 aliphatic rings. The molecule has 2 N–H and O–H groups in total. The second-order valence-corrected chi connectivity index (χ2v) is 7.96. The highest BCUT2D eigenvalue weighted by Gasteiger charge is 2.36. The second kappa shape index (κ2) is 6.98. The van der Waals surface area contributed by atoms with Crippen molar-refractivity contribution in [1.82, 2.24) is 15.0 Å². The van der Waals surface area contributed by atoms with Gasteiger partial charge in [0, 0.05) is 22.1 Å². The van der Waals surface area contributed by atoms with Gasteiger partial charge in [-0.3, -0.25) is 9.78 Å². The molecule has 0 radical (unpaired) electrons. The Balaban J connectivity index is 1.54. The number of hydrogen-bond donors (Lipinski definition) is 2. The molecular weight excluding hydrogens is 418 g/mol. The number of pyridine rings is 1. The Morgan fingerprint density at radius 2 is 2.11 bits per heavy atom. The maximum Gasteiger partial charge on any atom is 0.238 e. The highest BCUT2D eigenvalue weighted by atomic mass is 79.9. The van der Waals surface area contributed by atoms with E-state index in [1.54, 1.807) is 6.20 Å². The number of amides is 1. The summed E-state index contributed by atoms with van der Waals surface area (Å²) in [5, 5.41) is 6.27. The summed E-state index contributed by atoms with van der Waals surface area (Å²) in [5.74, 6) is 0.117. The van der Waals surface area contributed by atoms with Crippen molar-refractivity contribution >= 4 is 33.5 Å². The number of carbonyl (C=O) groups is 1. The summed E-state index contributed by atoms with van der Waals surface area (Å²) in [6.45, 7) is 0.540. The van der Waals surface area contributed by atoms with Crippen LogP contribution in [0.1, 0.15) is 40.5 Å². The van der Waals surface area contributed by atoms with Crippen molar-refractivity contribution in [3.8, 4) is 0 Å². The lowest BCUT2D eigenvalue weighted by Crippen LogP contribution is -2.18. The third-order valence-corrected chi connectivity index (χ3v) is 5.73. The Kier molecular flexibility index (Phi) is 4.31. The van der Waals surface area contributed by atoms with E-state index in [0.717, 1.165) is 57.6 Å². The van der Waals surface area contributed by atoms with E-state index in [-0.39, 0.29) is 5.91 Å². The number of anilines is 2. The molecule has 6 nitrogen and oxygen atoms in total. The van der Waals surface area contributed by atoms with Gasteiger partial charge in [-0.25, -0.2) is 9.97 Å². The van der Waals surface area contributed by atoms with Crippen LogP contribution in [-0.4, -0.2) is 20.9 Å². The van der Waals surface area contributed by atoms with Crippen LogP contribution < -0.4 is 10.6 Å². The average molecular weight is 436 g/mol. The van der Waals surface area contributed by atoms with Crippen molar-refractivity contribution in [1.29, 1.82) is 0 Å². The molecule has 0 saturated heterocycles. The minimum Gasteiger partial charge on any atom is -0.349 e. The van der Waals surface area contributed by atoms with Crippen molar-refractivity contribution in [2.24, 2.45) is 0 Å². The molecule has 0 spiro atoms. The number of benzene rings is 1. The summed E-state index contributed by atoms with van der Waals surface area (Å²) in [4.78, 5) is 26.6. The number of hydrogen-bond acceptors (Lipinski definition) is 5. The predicted octanol–water partition coefficient (Wildman–Crippen LogP) is 3.82. The van der Waals surface area contributed by atoms with Crippen LogP contribution in [0.15, 0.2) is 47.1 Å². The average Bonchev–Trinajstić information content (AvgIpc) is 3.30. The minimum atomic E-state index is -0.405. The van der Waals surface area contributed by atoms with Gasteiger partial charge in [-0.05, 0) is 60.7 Å². The summed E-state index contributed by atoms with van der Waals surface area (Å²) in [5.41, 5.74) is 5.72. The van der Waals surface area contributed by atoms with Crippen LogP contribution in [0.25, 0.3) is 0 Å². The topological polar surface area (TPSA) is 79.8 Å². The van der Waals surface area contributed by atoms with E-state index in [9.17, 15) is 4.79 Å². The molecule has 0 bridgehead atoms. The molecule has 140 valence electrons. The van der Waals surface area contributed by atoms with Crippen molar-refractivity contribution < 1.29 is 4.79 Å². The normalized spacial score (nSPS) is 17.2. The lowest BCUT2D eigenvalue weighted by atomic mass is 9.93. The summed E-state index contributed by atoms with van der Waals surface area (Å²) in [6.07, 6.45) is 4.64. The van der Waals surface area contributed by atoms with Crippen LogP contribution in [0.3, 0.4) is 0 Å². The number of fused-ring (bicyclic) bond motifs is 2. The first-order chi connectivity index (χ1) is 13.7. The molecule has 2 aromatic heterocycles. The standard InChI is InChI=1S/C21H18BrN5O/c22-12-7-8-17-15(10-12)18(20(28)25-17)19-14-5-3-6-16(14)26-21(27-19)24-11-13-4-1-2-9-23-13/h1-2,4,7-10,18H,3,5-6,11H2,(H,25,28)(H,24,26,27). The van der Waals surface area contributed by atoms with Gasteiger partial charge in [0.15, 0.2) is 0 Å². The fraction of sp³-hybridized carbons (Fsp3) is 0.238. The SMILES string of the molecule is O=C1Nc2ccc(Br)cc2C1c1nc(NCc2ccccn2)nc2c1CCC2. The van der Waals surface area contributed by atoms with Gasteiger partial charge in [0.2, 0.25) is 11.9 Å². The molecule has 3 heterocycles. The summed E-state index contributed by atoms with van der Waals surface area (Å²) >= 11 is 3.52. The van der Waals surface area contributed by atoms with Crippen LogP contribution in [0, 0.1) is 0 Å². The molecular formula is C21H18BrN5O. The van der Waals surface area contributed by atoms with Gasteiger partial charge in [-0.2, -0.15) is 0 Å². The highest BCUT2D eigenvalue weighted by Crippen LogP contribution is 2.41. The number of rotatable bonds is 4. The van der Waals surface area contributed by atoms with Crippen molar-refractivity contribution in [3.05, 3.63) is 75.3 Å². The fourth-order valence-electron chi connectivity index (χ4n) is 3.96. The zero-order valence-electron chi connectivity index (χ0n) is 15.1. The third-order valence-electron chi connectivity index (χ3n) is 5.24. The summed E-state index contributed by atoms with van der Waals surface area (Å²) in [6, 6.07) is 11.7. The monoisotopic (exact) mass is 435 g/mol. The van der Waals surface area contributed by atoms with Crippen LogP contribution >= 0.6 is 15.9 Å². The van der Waals surface area contributed by atoms with E-state index in [1.807, 2.05) is 36.4 Å². The molecule has 1 amide bonds. The van der Waals surface area contributed by atoms with Gasteiger partial charge in [-0.1, -0.05) is 22.0 Å². The number of nitrogens with one attached hydrogen (secondary N) is 2. The molecule has 5 rings (SSSR count). The van der Waals surface area contributed by atoms with Gasteiger partial charge < -0.3 is 10.6 Å². The van der Waals surface area contributed by atoms with Crippen molar-refractivity contribution in [2.45, 2.75) is 31.7 Å². The van der Waals surface area contributed by atoms with Crippen LogP contribution in [-0.2, 0) is 24.2 Å². The molecule has 7 heteroatoms. The Labute approximate surface area is 171 Å². The predicted molar refractivity (Wildman–Crippen MR) is 110 cm³/mol. The Morgan fingerprint density at radius 1 is 1.18 bits per heavy atom. The Bertz CT molecular complexity index is 1070. The lowest BCUT2D eigenvalue weighted by Gasteiger charge is -2.15. The molecule has 1 aliphatic heterocycles. The molecule has 28 heavy (non-hydrogen) atoms. The minimum absolute atomic E-state index is 0.0309. The Hall–Kier alpha value is -2.80. The molecule has 1 atom stereocenters. The summed E-state index contributed by atoms with van der Waals surface area (Å²) in [7, 11) is 0. The van der Waals surface area contributed by atoms with Crippen LogP contribution in [0.2, 0.25) is 0 Å². The number of carbonyl (C=O) groups excluding carboxylic acids is 1. The van der Waals surface area contributed by atoms with Crippen molar-refractivity contribution in [3.63, 3.8) is 0 Å². The maximum atomic E-state index is 12.8. The first-order valence-corrected chi connectivity index (χ1v) is 10.1. The van der Waals surface area contributed by atoms with Gasteiger partial charge in [0.1, 0.15) is 5.92 Å². The van der Waals surface area contributed by atoms with E-state index in [4.69, 9.17) is 9.97 Å². The van der Waals surface area contributed by atoms with E-state index in [2.05, 4.69) is 31.5 Å². The Morgan fingerprint density at radius 3 is 2.96 bits per heavy atom. The number of nitrogens with zero attached hydrogens (tertiary/aromatic N) is 3. The first-order valence-electron chi connectivity index (χ1n) is 9.33. The maximum absolute atomic E-state index is 12.8.